The number of carbonyl (C=O) groups is 1. The number of amides is 1. The smallest absolute Gasteiger partial charge is 0.298 e. The fourth-order valence-corrected chi connectivity index (χ4v) is 3.74. The largest absolute Gasteiger partial charge is 0.418 e. The molecule has 0 bridgehead atoms. The lowest BCUT2D eigenvalue weighted by atomic mass is 10.1. The van der Waals surface area contributed by atoms with Crippen LogP contribution in [-0.4, -0.2) is 54.4 Å². The van der Waals surface area contributed by atoms with Crippen LogP contribution in [0.25, 0.3) is 0 Å². The molecule has 2 aliphatic rings. The number of anilines is 1. The van der Waals surface area contributed by atoms with Crippen molar-refractivity contribution in [1.29, 1.82) is 0 Å². The average molecular weight is 419 g/mol. The molecule has 0 radical (unpaired) electrons. The molecule has 6 nitrogen and oxygen atoms in total. The summed E-state index contributed by atoms with van der Waals surface area (Å²) in [7, 11) is 0. The van der Waals surface area contributed by atoms with Crippen molar-refractivity contribution in [3.05, 3.63) is 22.7 Å². The Hall–Kier alpha value is -2.18. The Balaban J connectivity index is 1.71. The second-order valence-electron chi connectivity index (χ2n) is 8.55. The van der Waals surface area contributed by atoms with Gasteiger partial charge in [0, 0.05) is 25.8 Å². The summed E-state index contributed by atoms with van der Waals surface area (Å²) in [6, 6.07) is 0.442. The number of hydrogen-bond acceptors (Lipinski definition) is 5. The molecule has 1 atom stereocenters. The number of nitrogens with zero attached hydrogens (tertiary/aromatic N) is 4. The number of alkyl halides is 1. The predicted octanol–water partition coefficient (Wildman–Crippen LogP) is 4.80. The van der Waals surface area contributed by atoms with E-state index in [-0.39, 0.29) is 5.91 Å². The zero-order valence-electron chi connectivity index (χ0n) is 18.8. The molecule has 0 saturated carbocycles. The van der Waals surface area contributed by atoms with Gasteiger partial charge < -0.3 is 14.2 Å². The Morgan fingerprint density at radius 2 is 2.07 bits per heavy atom. The van der Waals surface area contributed by atoms with Gasteiger partial charge in [-0.25, -0.2) is 4.39 Å². The Morgan fingerprint density at radius 3 is 2.73 bits per heavy atom. The molecule has 0 aliphatic carbocycles. The number of piperidine rings is 1. The molecule has 7 heteroatoms. The normalized spacial score (nSPS) is 19.8. The highest BCUT2D eigenvalue weighted by molar-refractivity contribution is 5.93. The van der Waals surface area contributed by atoms with E-state index in [1.807, 2.05) is 18.0 Å². The van der Waals surface area contributed by atoms with E-state index in [0.717, 1.165) is 25.0 Å². The standard InChI is InChI=1S/C23H35FN4O2/c1-5-16(3)7-11-25-20-15-28(12-8-17(20)4)22(29)21-19(6-2)26-23(30-21)27-13-9-18(24)10-14-27/h11,16,18H,5-10,12-15H2,1-4H3. The van der Waals surface area contributed by atoms with E-state index in [1.165, 1.54) is 5.57 Å². The number of oxazole rings is 1. The van der Waals surface area contributed by atoms with E-state index in [4.69, 9.17) is 4.42 Å². The summed E-state index contributed by atoms with van der Waals surface area (Å²) in [6.45, 7) is 10.7. The third-order valence-electron chi connectivity index (χ3n) is 6.24. The minimum atomic E-state index is -0.759. The van der Waals surface area contributed by atoms with Gasteiger partial charge in [-0.2, -0.15) is 4.98 Å². The summed E-state index contributed by atoms with van der Waals surface area (Å²) < 4.78 is 19.4. The van der Waals surface area contributed by atoms with Gasteiger partial charge in [-0.3, -0.25) is 9.79 Å². The van der Waals surface area contributed by atoms with Gasteiger partial charge in [0.15, 0.2) is 0 Å². The zero-order chi connectivity index (χ0) is 21.7. The lowest BCUT2D eigenvalue weighted by Gasteiger charge is -2.28. The number of aryl methyl sites for hydroxylation is 1. The summed E-state index contributed by atoms with van der Waals surface area (Å²) >= 11 is 0. The number of rotatable bonds is 7. The van der Waals surface area contributed by atoms with Gasteiger partial charge in [0.1, 0.15) is 6.17 Å². The number of hydrogen-bond donors (Lipinski definition) is 0. The molecule has 166 valence electrons. The van der Waals surface area contributed by atoms with Crippen molar-refractivity contribution in [2.45, 2.75) is 72.4 Å². The molecular formula is C23H35FN4O2. The van der Waals surface area contributed by atoms with Gasteiger partial charge in [0.25, 0.3) is 11.9 Å². The minimum absolute atomic E-state index is 0.131. The maximum absolute atomic E-state index is 13.5. The Kier molecular flexibility index (Phi) is 7.67. The number of aliphatic imine (C=N–C) groups is 1. The quantitative estimate of drug-likeness (QED) is 0.597. The van der Waals surface area contributed by atoms with Gasteiger partial charge in [-0.15, -0.1) is 0 Å². The summed E-state index contributed by atoms with van der Waals surface area (Å²) in [5.41, 5.74) is 2.88. The van der Waals surface area contributed by atoms with Crippen molar-refractivity contribution in [3.8, 4) is 0 Å². The van der Waals surface area contributed by atoms with Crippen molar-refractivity contribution >= 4 is 18.1 Å². The zero-order valence-corrected chi connectivity index (χ0v) is 18.8. The van der Waals surface area contributed by atoms with Crippen molar-refractivity contribution in [1.82, 2.24) is 9.88 Å². The minimum Gasteiger partial charge on any atom is -0.418 e. The highest BCUT2D eigenvalue weighted by Crippen LogP contribution is 2.27. The number of aromatic nitrogens is 1. The van der Waals surface area contributed by atoms with Crippen molar-refractivity contribution in [2.75, 3.05) is 31.1 Å². The molecule has 2 aliphatic heterocycles. The Bertz CT molecular complexity index is 793. The second kappa shape index (κ2) is 10.2. The Morgan fingerprint density at radius 1 is 1.33 bits per heavy atom. The van der Waals surface area contributed by atoms with Crippen LogP contribution in [0.2, 0.25) is 0 Å². The molecule has 0 aromatic carbocycles. The van der Waals surface area contributed by atoms with Crippen LogP contribution in [0, 0.1) is 5.92 Å². The topological polar surface area (TPSA) is 61.9 Å². The third-order valence-corrected chi connectivity index (χ3v) is 6.24. The van der Waals surface area contributed by atoms with Crippen LogP contribution in [0.3, 0.4) is 0 Å². The molecule has 3 rings (SSSR count). The van der Waals surface area contributed by atoms with Gasteiger partial charge in [-0.1, -0.05) is 27.2 Å². The van der Waals surface area contributed by atoms with E-state index in [2.05, 4.69) is 30.7 Å². The van der Waals surface area contributed by atoms with Gasteiger partial charge in [-0.05, 0) is 50.5 Å². The van der Waals surface area contributed by atoms with Crippen LogP contribution in [0.1, 0.15) is 76.0 Å². The molecule has 1 fully saturated rings. The van der Waals surface area contributed by atoms with Gasteiger partial charge >= 0.3 is 0 Å². The molecule has 3 heterocycles. The molecule has 30 heavy (non-hydrogen) atoms. The van der Waals surface area contributed by atoms with E-state index < -0.39 is 6.17 Å². The fraction of sp³-hybridized carbons (Fsp3) is 0.696. The Labute approximate surface area is 179 Å². The van der Waals surface area contributed by atoms with Crippen LogP contribution in [0.15, 0.2) is 20.7 Å². The average Bonchev–Trinajstić information content (AvgIpc) is 3.19. The molecule has 1 amide bonds. The highest BCUT2D eigenvalue weighted by atomic mass is 19.1. The first kappa shape index (κ1) is 22.5. The van der Waals surface area contributed by atoms with Crippen LogP contribution >= 0.6 is 0 Å². The molecule has 0 spiro atoms. The number of halogens is 1. The highest BCUT2D eigenvalue weighted by Gasteiger charge is 2.30. The van der Waals surface area contributed by atoms with E-state index in [9.17, 15) is 9.18 Å². The molecule has 1 aromatic heterocycles. The molecule has 0 N–H and O–H groups in total. The van der Waals surface area contributed by atoms with Crippen LogP contribution < -0.4 is 4.90 Å². The van der Waals surface area contributed by atoms with Crippen LogP contribution in [0.4, 0.5) is 10.4 Å². The summed E-state index contributed by atoms with van der Waals surface area (Å²) in [4.78, 5) is 26.2. The first-order valence-corrected chi connectivity index (χ1v) is 11.3. The van der Waals surface area contributed by atoms with Crippen LogP contribution in [0.5, 0.6) is 0 Å². The SMILES string of the molecule is CCc1nc(N2CCC(F)CC2)oc1C(=O)N1CCC(C)=C(N=CCC(C)CC)C1. The van der Waals surface area contributed by atoms with Crippen molar-refractivity contribution < 1.29 is 13.6 Å². The van der Waals surface area contributed by atoms with E-state index >= 15 is 0 Å². The monoisotopic (exact) mass is 418 g/mol. The first-order chi connectivity index (χ1) is 14.4. The van der Waals surface area contributed by atoms with E-state index in [0.29, 0.717) is 68.8 Å². The molecular weight excluding hydrogens is 383 g/mol. The molecule has 1 aromatic rings. The van der Waals surface area contributed by atoms with Gasteiger partial charge in [0.05, 0.1) is 17.9 Å². The van der Waals surface area contributed by atoms with Crippen LogP contribution in [-0.2, 0) is 6.42 Å². The molecule has 1 unspecified atom stereocenters. The summed E-state index contributed by atoms with van der Waals surface area (Å²) in [6.07, 6.45) is 5.68. The lowest BCUT2D eigenvalue weighted by Crippen LogP contribution is -2.37. The fourth-order valence-electron chi connectivity index (χ4n) is 3.74. The van der Waals surface area contributed by atoms with E-state index in [1.54, 1.807) is 4.90 Å². The lowest BCUT2D eigenvalue weighted by molar-refractivity contribution is 0.0730. The van der Waals surface area contributed by atoms with Crippen molar-refractivity contribution in [3.63, 3.8) is 0 Å². The second-order valence-corrected chi connectivity index (χ2v) is 8.55. The predicted molar refractivity (Wildman–Crippen MR) is 118 cm³/mol. The van der Waals surface area contributed by atoms with Crippen molar-refractivity contribution in [2.24, 2.45) is 10.9 Å². The summed E-state index contributed by atoms with van der Waals surface area (Å²) in [5.74, 6) is 0.795. The summed E-state index contributed by atoms with van der Waals surface area (Å²) in [5, 5.41) is 0. The third kappa shape index (κ3) is 5.29. The number of carbonyl (C=O) groups excluding carboxylic acids is 1. The van der Waals surface area contributed by atoms with Gasteiger partial charge in [0.2, 0.25) is 5.76 Å². The molecule has 1 saturated heterocycles. The maximum Gasteiger partial charge on any atom is 0.298 e. The first-order valence-electron chi connectivity index (χ1n) is 11.3. The maximum atomic E-state index is 13.5.